The molecule has 2 aliphatic carbocycles. The molecule has 0 aromatic heterocycles. The number of hydrogen-bond donors (Lipinski definition) is 1. The highest BCUT2D eigenvalue weighted by atomic mass is 35.5. The molecule has 16 heavy (non-hydrogen) atoms. The molecule has 2 aliphatic rings. The van der Waals surface area contributed by atoms with Gasteiger partial charge in [0.25, 0.3) is 0 Å². The molecule has 1 aromatic carbocycles. The van der Waals surface area contributed by atoms with Crippen LogP contribution < -0.4 is 5.32 Å². The lowest BCUT2D eigenvalue weighted by molar-refractivity contribution is 0.359. The molecule has 0 amide bonds. The summed E-state index contributed by atoms with van der Waals surface area (Å²) in [5.74, 6) is 2.85. The molecule has 3 unspecified atom stereocenters. The summed E-state index contributed by atoms with van der Waals surface area (Å²) < 4.78 is 0. The van der Waals surface area contributed by atoms with Gasteiger partial charge in [0.2, 0.25) is 0 Å². The average Bonchev–Trinajstić information content (AvgIpc) is 2.90. The molecule has 0 bridgehead atoms. The fourth-order valence-corrected chi connectivity index (χ4v) is 3.66. The Labute approximate surface area is 102 Å². The van der Waals surface area contributed by atoms with Crippen molar-refractivity contribution in [3.8, 4) is 0 Å². The molecule has 86 valence electrons. The Morgan fingerprint density at radius 1 is 1.19 bits per heavy atom. The van der Waals surface area contributed by atoms with Crippen molar-refractivity contribution in [3.63, 3.8) is 0 Å². The van der Waals surface area contributed by atoms with E-state index in [2.05, 4.69) is 24.5 Å². The summed E-state index contributed by atoms with van der Waals surface area (Å²) in [6, 6.07) is 8.69. The maximum absolute atomic E-state index is 6.28. The molecule has 2 fully saturated rings. The van der Waals surface area contributed by atoms with Gasteiger partial charge in [-0.25, -0.2) is 0 Å². The standard InChI is InChI=1S/C14H18ClN/c1-16-14(11-7-9-6-10(9)8-11)12-4-2-3-5-13(12)15/h2-5,9-11,14,16H,6-8H2,1H3. The number of fused-ring (bicyclic) bond motifs is 1. The van der Waals surface area contributed by atoms with Crippen LogP contribution in [0.5, 0.6) is 0 Å². The lowest BCUT2D eigenvalue weighted by atomic mass is 9.89. The van der Waals surface area contributed by atoms with Gasteiger partial charge < -0.3 is 5.32 Å². The summed E-state index contributed by atoms with van der Waals surface area (Å²) in [5.41, 5.74) is 1.28. The van der Waals surface area contributed by atoms with E-state index in [4.69, 9.17) is 11.6 Å². The largest absolute Gasteiger partial charge is 0.313 e. The van der Waals surface area contributed by atoms with Crippen LogP contribution in [0.25, 0.3) is 0 Å². The van der Waals surface area contributed by atoms with Gasteiger partial charge in [-0.15, -0.1) is 0 Å². The van der Waals surface area contributed by atoms with Crippen molar-refractivity contribution in [2.24, 2.45) is 17.8 Å². The van der Waals surface area contributed by atoms with Gasteiger partial charge in [0.05, 0.1) is 0 Å². The van der Waals surface area contributed by atoms with E-state index in [-0.39, 0.29) is 0 Å². The average molecular weight is 236 g/mol. The summed E-state index contributed by atoms with van der Waals surface area (Å²) in [6.07, 6.45) is 4.26. The zero-order valence-electron chi connectivity index (χ0n) is 9.62. The normalized spacial score (nSPS) is 33.5. The van der Waals surface area contributed by atoms with E-state index in [1.165, 1.54) is 24.8 Å². The predicted octanol–water partition coefficient (Wildman–Crippen LogP) is 3.65. The molecule has 0 saturated heterocycles. The molecule has 1 N–H and O–H groups in total. The first-order valence-electron chi connectivity index (χ1n) is 6.21. The van der Waals surface area contributed by atoms with Gasteiger partial charge in [0, 0.05) is 11.1 Å². The zero-order chi connectivity index (χ0) is 11.1. The Morgan fingerprint density at radius 2 is 1.88 bits per heavy atom. The predicted molar refractivity (Wildman–Crippen MR) is 67.6 cm³/mol. The number of nitrogens with one attached hydrogen (secondary N) is 1. The molecular formula is C14H18ClN. The van der Waals surface area contributed by atoms with Gasteiger partial charge in [-0.1, -0.05) is 29.8 Å². The molecule has 1 nitrogen and oxygen atoms in total. The summed E-state index contributed by atoms with van der Waals surface area (Å²) >= 11 is 6.28. The number of rotatable bonds is 3. The van der Waals surface area contributed by atoms with Crippen molar-refractivity contribution in [1.82, 2.24) is 5.32 Å². The van der Waals surface area contributed by atoms with E-state index in [0.29, 0.717) is 6.04 Å². The van der Waals surface area contributed by atoms with E-state index in [9.17, 15) is 0 Å². The van der Waals surface area contributed by atoms with E-state index in [0.717, 1.165) is 22.8 Å². The molecule has 0 spiro atoms. The Kier molecular flexibility index (Phi) is 2.68. The Morgan fingerprint density at radius 3 is 2.50 bits per heavy atom. The smallest absolute Gasteiger partial charge is 0.0453 e. The molecule has 0 heterocycles. The van der Waals surface area contributed by atoms with Crippen LogP contribution >= 0.6 is 11.6 Å². The number of halogens is 1. The number of hydrogen-bond acceptors (Lipinski definition) is 1. The van der Waals surface area contributed by atoms with Crippen LogP contribution in [0.4, 0.5) is 0 Å². The van der Waals surface area contributed by atoms with E-state index in [1.54, 1.807) is 0 Å². The van der Waals surface area contributed by atoms with E-state index < -0.39 is 0 Å². The highest BCUT2D eigenvalue weighted by Crippen LogP contribution is 2.57. The van der Waals surface area contributed by atoms with Crippen molar-refractivity contribution in [3.05, 3.63) is 34.9 Å². The quantitative estimate of drug-likeness (QED) is 0.844. The van der Waals surface area contributed by atoms with Gasteiger partial charge in [-0.2, -0.15) is 0 Å². The summed E-state index contributed by atoms with van der Waals surface area (Å²) in [7, 11) is 2.05. The fourth-order valence-electron chi connectivity index (χ4n) is 3.41. The summed E-state index contributed by atoms with van der Waals surface area (Å²) in [6.45, 7) is 0. The minimum Gasteiger partial charge on any atom is -0.313 e. The van der Waals surface area contributed by atoms with E-state index in [1.807, 2.05) is 12.1 Å². The third kappa shape index (κ3) is 1.76. The van der Waals surface area contributed by atoms with Crippen LogP contribution in [-0.4, -0.2) is 7.05 Å². The minimum atomic E-state index is 0.446. The highest BCUT2D eigenvalue weighted by molar-refractivity contribution is 6.31. The molecule has 2 heteroatoms. The topological polar surface area (TPSA) is 12.0 Å². The second kappa shape index (κ2) is 4.05. The molecule has 2 saturated carbocycles. The maximum atomic E-state index is 6.28. The third-order valence-corrected chi connectivity index (χ3v) is 4.65. The summed E-state index contributed by atoms with van der Waals surface area (Å²) in [4.78, 5) is 0. The van der Waals surface area contributed by atoms with Gasteiger partial charge in [0.1, 0.15) is 0 Å². The van der Waals surface area contributed by atoms with Gasteiger partial charge >= 0.3 is 0 Å². The molecular weight excluding hydrogens is 218 g/mol. The first-order chi connectivity index (χ1) is 7.79. The van der Waals surface area contributed by atoms with Crippen molar-refractivity contribution in [2.45, 2.75) is 25.3 Å². The van der Waals surface area contributed by atoms with Crippen LogP contribution in [0.15, 0.2) is 24.3 Å². The Balaban J connectivity index is 1.82. The molecule has 1 aromatic rings. The van der Waals surface area contributed by atoms with Crippen LogP contribution in [0.1, 0.15) is 30.9 Å². The second-order valence-corrected chi connectivity index (χ2v) is 5.68. The number of benzene rings is 1. The van der Waals surface area contributed by atoms with Crippen molar-refractivity contribution < 1.29 is 0 Å². The Hall–Kier alpha value is -0.530. The first kappa shape index (κ1) is 10.6. The third-order valence-electron chi connectivity index (χ3n) is 4.30. The van der Waals surface area contributed by atoms with Crippen molar-refractivity contribution >= 4 is 11.6 Å². The van der Waals surface area contributed by atoms with Gasteiger partial charge in [-0.3, -0.25) is 0 Å². The van der Waals surface area contributed by atoms with Gasteiger partial charge in [0.15, 0.2) is 0 Å². The van der Waals surface area contributed by atoms with Crippen molar-refractivity contribution in [1.29, 1.82) is 0 Å². The van der Waals surface area contributed by atoms with Crippen LogP contribution in [0, 0.1) is 17.8 Å². The first-order valence-corrected chi connectivity index (χ1v) is 6.59. The van der Waals surface area contributed by atoms with E-state index >= 15 is 0 Å². The van der Waals surface area contributed by atoms with Crippen LogP contribution in [0.3, 0.4) is 0 Å². The lowest BCUT2D eigenvalue weighted by Gasteiger charge is -2.25. The zero-order valence-corrected chi connectivity index (χ0v) is 10.4. The molecule has 0 radical (unpaired) electrons. The Bertz CT molecular complexity index is 380. The van der Waals surface area contributed by atoms with Gasteiger partial charge in [-0.05, 0) is 55.7 Å². The summed E-state index contributed by atoms with van der Waals surface area (Å²) in [5, 5.41) is 4.36. The maximum Gasteiger partial charge on any atom is 0.0453 e. The SMILES string of the molecule is CNC(c1ccccc1Cl)C1CC2CC2C1. The minimum absolute atomic E-state index is 0.446. The lowest BCUT2D eigenvalue weighted by Crippen LogP contribution is -2.24. The second-order valence-electron chi connectivity index (χ2n) is 5.28. The molecule has 3 atom stereocenters. The monoisotopic (exact) mass is 235 g/mol. The van der Waals surface area contributed by atoms with Crippen LogP contribution in [-0.2, 0) is 0 Å². The fraction of sp³-hybridized carbons (Fsp3) is 0.571. The highest BCUT2D eigenvalue weighted by Gasteiger charge is 2.47. The molecule has 0 aliphatic heterocycles. The van der Waals surface area contributed by atoms with Crippen molar-refractivity contribution in [2.75, 3.05) is 7.05 Å². The van der Waals surface area contributed by atoms with Crippen LogP contribution in [0.2, 0.25) is 5.02 Å². The molecule has 3 rings (SSSR count).